The van der Waals surface area contributed by atoms with Crippen LogP contribution in [0.25, 0.3) is 0 Å². The van der Waals surface area contributed by atoms with E-state index in [-0.39, 0.29) is 30.4 Å². The van der Waals surface area contributed by atoms with Gasteiger partial charge in [0.1, 0.15) is 5.69 Å². The lowest BCUT2D eigenvalue weighted by Crippen LogP contribution is -2.49. The summed E-state index contributed by atoms with van der Waals surface area (Å²) in [7, 11) is 0. The molecule has 0 bridgehead atoms. The summed E-state index contributed by atoms with van der Waals surface area (Å²) in [6.07, 6.45) is 3.90. The number of nitrogens with zero attached hydrogens (tertiary/aromatic N) is 3. The van der Waals surface area contributed by atoms with Gasteiger partial charge in [-0.1, -0.05) is 6.92 Å². The van der Waals surface area contributed by atoms with Gasteiger partial charge in [0.25, 0.3) is 5.91 Å². The number of carbonyl (C=O) groups excluding carboxylic acids is 1. The Morgan fingerprint density at radius 3 is 2.80 bits per heavy atom. The minimum atomic E-state index is 0. The zero-order chi connectivity index (χ0) is 14.0. The Balaban J connectivity index is 0.00000200. The highest BCUT2D eigenvalue weighted by atomic mass is 35.5. The molecule has 6 heteroatoms. The van der Waals surface area contributed by atoms with Gasteiger partial charge in [-0.2, -0.15) is 5.10 Å². The van der Waals surface area contributed by atoms with Crippen molar-refractivity contribution in [3.63, 3.8) is 0 Å². The molecule has 20 heavy (non-hydrogen) atoms. The van der Waals surface area contributed by atoms with Crippen molar-refractivity contribution in [2.75, 3.05) is 13.1 Å². The Morgan fingerprint density at radius 2 is 2.25 bits per heavy atom. The highest BCUT2D eigenvalue weighted by Crippen LogP contribution is 2.23. The molecule has 1 aromatic heterocycles. The number of rotatable bonds is 3. The van der Waals surface area contributed by atoms with Gasteiger partial charge in [0.15, 0.2) is 0 Å². The Morgan fingerprint density at radius 1 is 1.55 bits per heavy atom. The summed E-state index contributed by atoms with van der Waals surface area (Å²) in [6.45, 7) is 7.63. The molecule has 1 aliphatic rings. The van der Waals surface area contributed by atoms with E-state index < -0.39 is 0 Å². The molecule has 2 atom stereocenters. The Bertz CT molecular complexity index is 446. The first-order valence-corrected chi connectivity index (χ1v) is 7.09. The molecule has 0 spiro atoms. The second-order valence-corrected chi connectivity index (χ2v) is 5.79. The van der Waals surface area contributed by atoms with Crippen LogP contribution in [0.2, 0.25) is 0 Å². The second-order valence-electron chi connectivity index (χ2n) is 5.79. The van der Waals surface area contributed by atoms with Crippen LogP contribution in [-0.2, 0) is 0 Å². The van der Waals surface area contributed by atoms with E-state index in [9.17, 15) is 4.79 Å². The van der Waals surface area contributed by atoms with Crippen molar-refractivity contribution >= 4 is 18.3 Å². The minimum absolute atomic E-state index is 0. The fourth-order valence-electron chi connectivity index (χ4n) is 2.63. The third kappa shape index (κ3) is 3.52. The maximum Gasteiger partial charge on any atom is 0.274 e. The average molecular weight is 301 g/mol. The molecule has 0 aliphatic carbocycles. The van der Waals surface area contributed by atoms with E-state index in [1.165, 1.54) is 0 Å². The molecular weight excluding hydrogens is 276 g/mol. The number of nitrogens with two attached hydrogens (primary N) is 1. The highest BCUT2D eigenvalue weighted by Gasteiger charge is 2.30. The van der Waals surface area contributed by atoms with E-state index in [2.05, 4.69) is 12.0 Å². The van der Waals surface area contributed by atoms with E-state index in [1.807, 2.05) is 29.6 Å². The minimum Gasteiger partial charge on any atom is -0.333 e. The first kappa shape index (κ1) is 17.0. The van der Waals surface area contributed by atoms with Gasteiger partial charge < -0.3 is 10.6 Å². The Labute approximate surface area is 126 Å². The Kier molecular flexibility index (Phi) is 6.02. The number of piperidine rings is 1. The number of hydrogen-bond acceptors (Lipinski definition) is 3. The summed E-state index contributed by atoms with van der Waals surface area (Å²) in [5.74, 6) is 0.660. The molecule has 2 rings (SSSR count). The van der Waals surface area contributed by atoms with Crippen molar-refractivity contribution in [3.05, 3.63) is 18.0 Å². The monoisotopic (exact) mass is 300 g/mol. The van der Waals surface area contributed by atoms with E-state index in [0.717, 1.165) is 19.4 Å². The summed E-state index contributed by atoms with van der Waals surface area (Å²) >= 11 is 0. The second kappa shape index (κ2) is 7.09. The van der Waals surface area contributed by atoms with Crippen LogP contribution in [0.4, 0.5) is 0 Å². The van der Waals surface area contributed by atoms with Crippen molar-refractivity contribution in [1.29, 1.82) is 0 Å². The molecule has 1 saturated heterocycles. The van der Waals surface area contributed by atoms with Gasteiger partial charge in [0.05, 0.1) is 0 Å². The van der Waals surface area contributed by atoms with E-state index in [1.54, 1.807) is 6.07 Å². The first-order chi connectivity index (χ1) is 9.02. The number of likely N-dealkylation sites (tertiary alicyclic amines) is 1. The predicted octanol–water partition coefficient (Wildman–Crippen LogP) is 2.09. The van der Waals surface area contributed by atoms with Crippen LogP contribution in [0.1, 0.15) is 50.1 Å². The number of aromatic nitrogens is 2. The largest absolute Gasteiger partial charge is 0.333 e. The fourth-order valence-corrected chi connectivity index (χ4v) is 2.63. The van der Waals surface area contributed by atoms with Crippen LogP contribution < -0.4 is 5.73 Å². The third-order valence-electron chi connectivity index (χ3n) is 3.87. The zero-order valence-corrected chi connectivity index (χ0v) is 13.3. The summed E-state index contributed by atoms with van der Waals surface area (Å²) in [4.78, 5) is 14.4. The molecule has 114 valence electrons. The van der Waals surface area contributed by atoms with Gasteiger partial charge in [-0.25, -0.2) is 0 Å². The number of halogens is 1. The number of amides is 1. The van der Waals surface area contributed by atoms with E-state index in [0.29, 0.717) is 18.2 Å². The fraction of sp³-hybridized carbons (Fsp3) is 0.714. The molecule has 0 radical (unpaired) electrons. The lowest BCUT2D eigenvalue weighted by molar-refractivity contribution is 0.0566. The summed E-state index contributed by atoms with van der Waals surface area (Å²) < 4.78 is 1.82. The van der Waals surface area contributed by atoms with Gasteiger partial charge in [-0.3, -0.25) is 9.48 Å². The highest BCUT2D eigenvalue weighted by molar-refractivity contribution is 5.92. The average Bonchev–Trinajstić information content (AvgIpc) is 2.87. The first-order valence-electron chi connectivity index (χ1n) is 7.09. The summed E-state index contributed by atoms with van der Waals surface area (Å²) in [5, 5.41) is 4.36. The van der Waals surface area contributed by atoms with Gasteiger partial charge in [-0.15, -0.1) is 12.4 Å². The van der Waals surface area contributed by atoms with Crippen LogP contribution >= 0.6 is 12.4 Å². The SMILES string of the molecule is CC1CCN(C(=O)c2ccn(C(C)C)n2)C(CN)C1.Cl. The molecule has 2 unspecified atom stereocenters. The van der Waals surface area contributed by atoms with Gasteiger partial charge >= 0.3 is 0 Å². The van der Waals surface area contributed by atoms with Gasteiger partial charge in [0, 0.05) is 31.4 Å². The quantitative estimate of drug-likeness (QED) is 0.929. The van der Waals surface area contributed by atoms with Crippen molar-refractivity contribution in [1.82, 2.24) is 14.7 Å². The molecule has 1 aliphatic heterocycles. The number of hydrogen-bond donors (Lipinski definition) is 1. The molecule has 2 heterocycles. The van der Waals surface area contributed by atoms with Gasteiger partial charge in [0.2, 0.25) is 0 Å². The normalized spacial score (nSPS) is 22.8. The molecular formula is C14H25ClN4O. The molecule has 2 N–H and O–H groups in total. The summed E-state index contributed by atoms with van der Waals surface area (Å²) in [5.41, 5.74) is 6.34. The maximum atomic E-state index is 12.5. The molecule has 0 aromatic carbocycles. The molecule has 1 aromatic rings. The zero-order valence-electron chi connectivity index (χ0n) is 12.5. The van der Waals surface area contributed by atoms with E-state index in [4.69, 9.17) is 5.73 Å². The molecule has 0 saturated carbocycles. The molecule has 1 amide bonds. The van der Waals surface area contributed by atoms with Crippen LogP contribution in [-0.4, -0.2) is 39.7 Å². The smallest absolute Gasteiger partial charge is 0.274 e. The predicted molar refractivity (Wildman–Crippen MR) is 82.1 cm³/mol. The lowest BCUT2D eigenvalue weighted by atomic mass is 9.92. The van der Waals surface area contributed by atoms with Crippen molar-refractivity contribution in [2.24, 2.45) is 11.7 Å². The maximum absolute atomic E-state index is 12.5. The van der Waals surface area contributed by atoms with Crippen molar-refractivity contribution in [3.8, 4) is 0 Å². The number of carbonyl (C=O) groups is 1. The van der Waals surface area contributed by atoms with Crippen LogP contribution in [0.15, 0.2) is 12.3 Å². The lowest BCUT2D eigenvalue weighted by Gasteiger charge is -2.37. The van der Waals surface area contributed by atoms with Crippen LogP contribution in [0.5, 0.6) is 0 Å². The molecule has 1 fully saturated rings. The van der Waals surface area contributed by atoms with Crippen LogP contribution in [0.3, 0.4) is 0 Å². The Hall–Kier alpha value is -1.07. The topological polar surface area (TPSA) is 64.2 Å². The summed E-state index contributed by atoms with van der Waals surface area (Å²) in [6, 6.07) is 2.22. The molecule has 5 nitrogen and oxygen atoms in total. The third-order valence-corrected chi connectivity index (χ3v) is 3.87. The van der Waals surface area contributed by atoms with Crippen molar-refractivity contribution in [2.45, 2.75) is 45.7 Å². The van der Waals surface area contributed by atoms with Crippen LogP contribution in [0, 0.1) is 5.92 Å². The van der Waals surface area contributed by atoms with E-state index >= 15 is 0 Å². The standard InChI is InChI=1S/C14H24N4O.ClH/c1-10(2)18-7-5-13(16-18)14(19)17-6-4-11(3)8-12(17)9-15;/h5,7,10-12H,4,6,8-9,15H2,1-3H3;1H. The van der Waals surface area contributed by atoms with Gasteiger partial charge in [-0.05, 0) is 38.7 Å². The van der Waals surface area contributed by atoms with Crippen molar-refractivity contribution < 1.29 is 4.79 Å².